The van der Waals surface area contributed by atoms with E-state index in [1.807, 2.05) is 0 Å². The van der Waals surface area contributed by atoms with Crippen molar-refractivity contribution in [1.29, 1.82) is 0 Å². The third-order valence-electron chi connectivity index (χ3n) is 1.93. The van der Waals surface area contributed by atoms with E-state index in [-0.39, 0.29) is 69.0 Å². The van der Waals surface area contributed by atoms with E-state index in [0.29, 0.717) is 37.2 Å². The molecule has 106 valence electrons. The topological polar surface area (TPSA) is 70.2 Å². The van der Waals surface area contributed by atoms with Gasteiger partial charge in [0.2, 0.25) is 5.91 Å². The van der Waals surface area contributed by atoms with E-state index in [0.717, 1.165) is 0 Å². The molecule has 0 saturated heterocycles. The van der Waals surface area contributed by atoms with Crippen LogP contribution in [-0.4, -0.2) is 54.7 Å². The Balaban J connectivity index is 0. The van der Waals surface area contributed by atoms with E-state index < -0.39 is 0 Å². The van der Waals surface area contributed by atoms with Crippen LogP contribution in [0.2, 0.25) is 0 Å². The molecule has 0 saturated carbocycles. The second-order valence-electron chi connectivity index (χ2n) is 3.95. The van der Waals surface area contributed by atoms with Gasteiger partial charge in [0.1, 0.15) is 0 Å². The maximum atomic E-state index is 11.3. The Morgan fingerprint density at radius 3 is 2.05 bits per heavy atom. The summed E-state index contributed by atoms with van der Waals surface area (Å²) in [5.74, 6) is 0.552. The number of carbonyl (C=O) groups excluding carboxylic acids is 2. The van der Waals surface area contributed by atoms with Crippen LogP contribution in [0.25, 0.3) is 0 Å². The number of nitrogens with one attached hydrogen (secondary N) is 3. The summed E-state index contributed by atoms with van der Waals surface area (Å²) < 4.78 is 0. The zero-order valence-electron chi connectivity index (χ0n) is 12.0. The van der Waals surface area contributed by atoms with Crippen molar-refractivity contribution in [2.24, 2.45) is 0 Å². The Hall–Kier alpha value is 1.24. The third kappa shape index (κ3) is 17.2. The predicted molar refractivity (Wildman–Crippen MR) is 78.7 cm³/mol. The summed E-state index contributed by atoms with van der Waals surface area (Å²) in [5.41, 5.74) is 0. The predicted octanol–water partition coefficient (Wildman–Crippen LogP) is -3.50. The fraction of sp³-hybridized carbons (Fsp3) is 0.818. The van der Waals surface area contributed by atoms with Crippen LogP contribution >= 0.6 is 11.8 Å². The Labute approximate surface area is 168 Å². The van der Waals surface area contributed by atoms with E-state index >= 15 is 0 Å². The quantitative estimate of drug-likeness (QED) is 0.220. The summed E-state index contributed by atoms with van der Waals surface area (Å²) in [5, 5.41) is 9.08. The first-order chi connectivity index (χ1) is 8.56. The smallest absolute Gasteiger partial charge is 0.783 e. The van der Waals surface area contributed by atoms with E-state index in [1.54, 1.807) is 11.8 Å². The minimum atomic E-state index is -0.120. The number of rotatable bonds is 10. The summed E-state index contributed by atoms with van der Waals surface area (Å²) in [6, 6.07) is 0. The van der Waals surface area contributed by atoms with Crippen molar-refractivity contribution in [2.75, 3.05) is 37.7 Å². The van der Waals surface area contributed by atoms with Crippen LogP contribution in [0.5, 0.6) is 0 Å². The van der Waals surface area contributed by atoms with E-state index in [4.69, 9.17) is 0 Å². The molecule has 0 aromatic carbocycles. The van der Waals surface area contributed by atoms with Gasteiger partial charge >= 0.3 is 51.4 Å². The average Bonchev–Trinajstić information content (AvgIpc) is 2.34. The van der Waals surface area contributed by atoms with Gasteiger partial charge in [0.15, 0.2) is 5.91 Å². The van der Waals surface area contributed by atoms with Gasteiger partial charge < -0.3 is 28.6 Å². The van der Waals surface area contributed by atoms with Crippen molar-refractivity contribution in [3.05, 3.63) is 0 Å². The maximum Gasteiger partial charge on any atom is 1.00 e. The second-order valence-corrected chi connectivity index (χ2v) is 5.81. The van der Waals surface area contributed by atoms with E-state index in [9.17, 15) is 9.59 Å². The molecule has 2 amide bonds. The van der Waals surface area contributed by atoms with Crippen LogP contribution in [0.15, 0.2) is 0 Å². The van der Waals surface area contributed by atoms with Crippen molar-refractivity contribution in [3.63, 3.8) is 0 Å². The molecule has 0 radical (unpaired) electrons. The number of thioether (sulfide) groups is 1. The molecule has 0 aromatic heterocycles. The van der Waals surface area contributed by atoms with Gasteiger partial charge in [0.05, 0.1) is 5.75 Å². The molecule has 0 fully saturated rings. The monoisotopic (exact) mass is 331 g/mol. The molecule has 0 rings (SSSR count). The molecule has 0 aliphatic heterocycles. The first-order valence-electron chi connectivity index (χ1n) is 6.00. The third-order valence-corrected chi connectivity index (χ3v) is 3.28. The maximum absolute atomic E-state index is 11.3. The Morgan fingerprint density at radius 2 is 1.58 bits per heavy atom. The van der Waals surface area contributed by atoms with Gasteiger partial charge in [-0.3, -0.25) is 9.59 Å². The first kappa shape index (κ1) is 22.5. The van der Waals surface area contributed by atoms with Crippen molar-refractivity contribution in [1.82, 2.24) is 16.0 Å². The minimum absolute atomic E-state index is 0. The number of carbonyl (C=O) groups is 2. The van der Waals surface area contributed by atoms with Crippen molar-refractivity contribution in [3.8, 4) is 0 Å². The molecule has 0 aliphatic carbocycles. The molecule has 0 bridgehead atoms. The molecule has 3 N–H and O–H groups in total. The summed E-state index contributed by atoms with van der Waals surface area (Å²) in [4.78, 5) is 22.2. The standard InChI is InChI=1S/C11H23N3O2S2.K/c1-9(2)18-8-11(16)14-6-4-12-3-5-13-10(15)7-17;/h9,12,17H,3-8H2,1-2H3,(H,13,15)(H,14,16);/q;+1/p-1. The Kier molecular flexibility index (Phi) is 18.5. The first-order valence-corrected chi connectivity index (χ1v) is 7.62. The number of hydrogen-bond donors (Lipinski definition) is 3. The van der Waals surface area contributed by atoms with Gasteiger partial charge in [-0.1, -0.05) is 19.6 Å². The minimum Gasteiger partial charge on any atom is -0.783 e. The van der Waals surface area contributed by atoms with E-state index in [2.05, 4.69) is 42.4 Å². The second kappa shape index (κ2) is 15.6. The summed E-state index contributed by atoms with van der Waals surface area (Å²) >= 11 is 6.21. The van der Waals surface area contributed by atoms with Crippen LogP contribution < -0.4 is 67.3 Å². The van der Waals surface area contributed by atoms with Crippen LogP contribution in [0.1, 0.15) is 13.8 Å². The molecule has 0 unspecified atom stereocenters. The average molecular weight is 332 g/mol. The largest absolute Gasteiger partial charge is 1.00 e. The number of hydrogen-bond acceptors (Lipinski definition) is 5. The van der Waals surface area contributed by atoms with Crippen molar-refractivity contribution < 1.29 is 61.0 Å². The molecule has 5 nitrogen and oxygen atoms in total. The summed E-state index contributed by atoms with van der Waals surface area (Å²) in [7, 11) is 0. The SMILES string of the molecule is CC(C)SCC(=O)NCCNCCNC(=O)C[S-].[K+]. The van der Waals surface area contributed by atoms with Crippen LogP contribution in [0.3, 0.4) is 0 Å². The molecular formula is C11H22KN3O2S2. The number of amides is 2. The summed E-state index contributed by atoms with van der Waals surface area (Å²) in [6.07, 6.45) is 0. The van der Waals surface area contributed by atoms with Gasteiger partial charge in [-0.05, 0) is 5.25 Å². The zero-order chi connectivity index (χ0) is 13.8. The molecule has 8 heteroatoms. The van der Waals surface area contributed by atoms with Gasteiger partial charge in [-0.15, -0.1) is 11.8 Å². The zero-order valence-corrected chi connectivity index (χ0v) is 16.7. The van der Waals surface area contributed by atoms with Crippen molar-refractivity contribution in [2.45, 2.75) is 19.1 Å². The molecule has 19 heavy (non-hydrogen) atoms. The van der Waals surface area contributed by atoms with Gasteiger partial charge in [0.25, 0.3) is 0 Å². The Bertz CT molecular complexity index is 256. The molecular weight excluding hydrogens is 309 g/mol. The van der Waals surface area contributed by atoms with Gasteiger partial charge in [-0.25, -0.2) is 0 Å². The summed E-state index contributed by atoms with van der Waals surface area (Å²) in [6.45, 7) is 6.67. The molecule has 0 aliphatic rings. The van der Waals surface area contributed by atoms with Crippen LogP contribution in [-0.2, 0) is 22.2 Å². The van der Waals surface area contributed by atoms with Crippen LogP contribution in [0.4, 0.5) is 0 Å². The molecule has 0 spiro atoms. The molecule has 0 heterocycles. The van der Waals surface area contributed by atoms with Gasteiger partial charge in [-0.2, -0.15) is 0 Å². The normalized spacial score (nSPS) is 9.89. The Morgan fingerprint density at radius 1 is 1.05 bits per heavy atom. The van der Waals surface area contributed by atoms with E-state index in [1.165, 1.54) is 0 Å². The van der Waals surface area contributed by atoms with Gasteiger partial charge in [0, 0.05) is 26.2 Å². The van der Waals surface area contributed by atoms with Crippen molar-refractivity contribution >= 4 is 36.2 Å². The molecule has 0 atom stereocenters. The fourth-order valence-electron chi connectivity index (χ4n) is 1.05. The molecule has 0 aromatic rings. The van der Waals surface area contributed by atoms with Crippen LogP contribution in [0, 0.1) is 0 Å². The fourth-order valence-corrected chi connectivity index (χ4v) is 1.74.